The molecule has 132 valence electrons. The van der Waals surface area contributed by atoms with Crippen molar-refractivity contribution >= 4 is 23.6 Å². The van der Waals surface area contributed by atoms with Crippen molar-refractivity contribution in [2.45, 2.75) is 37.5 Å². The summed E-state index contributed by atoms with van der Waals surface area (Å²) in [6.45, 7) is 3.00. The Morgan fingerprint density at radius 2 is 2.00 bits per heavy atom. The van der Waals surface area contributed by atoms with E-state index >= 15 is 0 Å². The lowest BCUT2D eigenvalue weighted by molar-refractivity contribution is -0.152. The van der Waals surface area contributed by atoms with Crippen LogP contribution in [-0.4, -0.2) is 52.4 Å². The number of hydrogen-bond donors (Lipinski definition) is 2. The number of aliphatic carboxylic acids is 1. The van der Waals surface area contributed by atoms with Crippen LogP contribution < -0.4 is 0 Å². The second-order valence-electron chi connectivity index (χ2n) is 6.26. The third-order valence-corrected chi connectivity index (χ3v) is 5.50. The van der Waals surface area contributed by atoms with Crippen LogP contribution in [0.1, 0.15) is 43.0 Å². The van der Waals surface area contributed by atoms with Gasteiger partial charge in [0.2, 0.25) is 0 Å². The first kappa shape index (κ1) is 18.8. The maximum absolute atomic E-state index is 12.7. The number of carbonyl (C=O) groups is 2. The fraction of sp³-hybridized carbons (Fsp3) is 0.556. The Labute approximate surface area is 147 Å². The topological polar surface area (TPSA) is 77.8 Å². The maximum atomic E-state index is 12.7. The number of benzene rings is 1. The van der Waals surface area contributed by atoms with E-state index in [-0.39, 0.29) is 19.1 Å². The molecule has 24 heavy (non-hydrogen) atoms. The van der Waals surface area contributed by atoms with Crippen molar-refractivity contribution in [3.05, 3.63) is 29.8 Å². The molecule has 2 N–H and O–H groups in total. The van der Waals surface area contributed by atoms with E-state index in [0.717, 1.165) is 17.7 Å². The van der Waals surface area contributed by atoms with Gasteiger partial charge in [0.15, 0.2) is 0 Å². The van der Waals surface area contributed by atoms with Crippen LogP contribution in [0.4, 0.5) is 0 Å². The van der Waals surface area contributed by atoms with Gasteiger partial charge in [-0.15, -0.1) is 11.8 Å². The Morgan fingerprint density at radius 3 is 2.58 bits per heavy atom. The summed E-state index contributed by atoms with van der Waals surface area (Å²) in [4.78, 5) is 27.2. The first-order chi connectivity index (χ1) is 11.5. The van der Waals surface area contributed by atoms with Gasteiger partial charge < -0.3 is 15.1 Å². The van der Waals surface area contributed by atoms with Crippen LogP contribution in [0.15, 0.2) is 29.2 Å². The predicted molar refractivity (Wildman–Crippen MR) is 94.4 cm³/mol. The minimum atomic E-state index is -0.806. The Morgan fingerprint density at radius 1 is 1.29 bits per heavy atom. The van der Waals surface area contributed by atoms with Crippen molar-refractivity contribution in [3.63, 3.8) is 0 Å². The molecule has 1 aromatic carbocycles. The molecule has 1 saturated heterocycles. The predicted octanol–water partition coefficient (Wildman–Crippen LogP) is 2.88. The summed E-state index contributed by atoms with van der Waals surface area (Å²) in [6, 6.07) is 7.29. The van der Waals surface area contributed by atoms with E-state index in [1.54, 1.807) is 17.0 Å². The van der Waals surface area contributed by atoms with Crippen LogP contribution in [-0.2, 0) is 4.79 Å². The standard InChI is InChI=1S/C18H25NO4S/c1-2-8-18(17(22)23)9-3-10-19(13-18)16(21)14-4-6-15(7-5-14)24-12-11-20/h4-7,20H,2-3,8-13H2,1H3,(H,22,23). The highest BCUT2D eigenvalue weighted by Crippen LogP contribution is 2.35. The molecule has 0 aromatic heterocycles. The van der Waals surface area contributed by atoms with Gasteiger partial charge >= 0.3 is 5.97 Å². The molecule has 0 radical (unpaired) electrons. The minimum absolute atomic E-state index is 0.102. The van der Waals surface area contributed by atoms with Crippen molar-refractivity contribution in [1.29, 1.82) is 0 Å². The molecule has 5 nitrogen and oxygen atoms in total. The number of aliphatic hydroxyl groups excluding tert-OH is 1. The van der Waals surface area contributed by atoms with Crippen LogP contribution in [0.5, 0.6) is 0 Å². The SMILES string of the molecule is CCCC1(C(=O)O)CCCN(C(=O)c2ccc(SCCO)cc2)C1. The number of amides is 1. The number of carboxylic acid groups (broad SMARTS) is 1. The van der Waals surface area contributed by atoms with Crippen LogP contribution in [0.2, 0.25) is 0 Å². The fourth-order valence-corrected chi connectivity index (χ4v) is 3.96. The molecule has 0 bridgehead atoms. The first-order valence-electron chi connectivity index (χ1n) is 8.39. The van der Waals surface area contributed by atoms with Gasteiger partial charge in [0.1, 0.15) is 0 Å². The maximum Gasteiger partial charge on any atom is 0.311 e. The summed E-state index contributed by atoms with van der Waals surface area (Å²) in [7, 11) is 0. The van der Waals surface area contributed by atoms with Gasteiger partial charge in [-0.05, 0) is 43.5 Å². The number of hydrogen-bond acceptors (Lipinski definition) is 4. The number of carbonyl (C=O) groups excluding carboxylic acids is 1. The lowest BCUT2D eigenvalue weighted by Gasteiger charge is -2.40. The van der Waals surface area contributed by atoms with E-state index in [1.807, 2.05) is 19.1 Å². The molecule has 0 saturated carbocycles. The third-order valence-electron chi connectivity index (χ3n) is 4.51. The Bertz CT molecular complexity index is 571. The van der Waals surface area contributed by atoms with Crippen LogP contribution >= 0.6 is 11.8 Å². The molecule has 1 amide bonds. The van der Waals surface area contributed by atoms with Gasteiger partial charge in [-0.3, -0.25) is 9.59 Å². The van der Waals surface area contributed by atoms with E-state index < -0.39 is 11.4 Å². The quantitative estimate of drug-likeness (QED) is 0.739. The number of nitrogens with zero attached hydrogens (tertiary/aromatic N) is 1. The molecule has 1 atom stereocenters. The second-order valence-corrected chi connectivity index (χ2v) is 7.43. The lowest BCUT2D eigenvalue weighted by Crippen LogP contribution is -2.49. The van der Waals surface area contributed by atoms with Gasteiger partial charge in [0.05, 0.1) is 12.0 Å². The second kappa shape index (κ2) is 8.53. The highest BCUT2D eigenvalue weighted by atomic mass is 32.2. The zero-order valence-corrected chi connectivity index (χ0v) is 14.8. The molecule has 1 unspecified atom stereocenters. The molecule has 1 aliphatic rings. The Kier molecular flexibility index (Phi) is 6.69. The van der Waals surface area contributed by atoms with Gasteiger partial charge in [-0.25, -0.2) is 0 Å². The smallest absolute Gasteiger partial charge is 0.311 e. The summed E-state index contributed by atoms with van der Waals surface area (Å²) in [5.74, 6) is -0.273. The summed E-state index contributed by atoms with van der Waals surface area (Å²) in [5.41, 5.74) is -0.222. The van der Waals surface area contributed by atoms with Gasteiger partial charge in [0.25, 0.3) is 5.91 Å². The summed E-state index contributed by atoms with van der Waals surface area (Å²) in [5, 5.41) is 18.5. The van der Waals surface area contributed by atoms with Crippen LogP contribution in [0, 0.1) is 5.41 Å². The number of aliphatic hydroxyl groups is 1. The highest BCUT2D eigenvalue weighted by molar-refractivity contribution is 7.99. The van der Waals surface area contributed by atoms with Gasteiger partial charge in [0, 0.05) is 29.3 Å². The van der Waals surface area contributed by atoms with E-state index in [4.69, 9.17) is 5.11 Å². The van der Waals surface area contributed by atoms with Crippen LogP contribution in [0.25, 0.3) is 0 Å². The van der Waals surface area contributed by atoms with Crippen molar-refractivity contribution in [1.82, 2.24) is 4.90 Å². The molecular formula is C18H25NO4S. The Balaban J connectivity index is 2.09. The van der Waals surface area contributed by atoms with Crippen molar-refractivity contribution in [3.8, 4) is 0 Å². The zero-order valence-electron chi connectivity index (χ0n) is 14.0. The Hall–Kier alpha value is -1.53. The molecule has 1 fully saturated rings. The molecular weight excluding hydrogens is 326 g/mol. The number of thioether (sulfide) groups is 1. The van der Waals surface area contributed by atoms with E-state index in [9.17, 15) is 14.7 Å². The van der Waals surface area contributed by atoms with Gasteiger partial charge in [-0.2, -0.15) is 0 Å². The zero-order chi connectivity index (χ0) is 17.6. The summed E-state index contributed by atoms with van der Waals surface area (Å²) < 4.78 is 0. The highest BCUT2D eigenvalue weighted by Gasteiger charge is 2.42. The molecule has 0 aliphatic carbocycles. The average molecular weight is 351 g/mol. The minimum Gasteiger partial charge on any atom is -0.481 e. The van der Waals surface area contributed by atoms with E-state index in [1.165, 1.54) is 11.8 Å². The normalized spacial score (nSPS) is 20.8. The number of likely N-dealkylation sites (tertiary alicyclic amines) is 1. The molecule has 1 heterocycles. The molecule has 2 rings (SSSR count). The molecule has 1 aliphatic heterocycles. The largest absolute Gasteiger partial charge is 0.481 e. The molecule has 1 aromatic rings. The van der Waals surface area contributed by atoms with Crippen molar-refractivity contribution in [2.75, 3.05) is 25.4 Å². The van der Waals surface area contributed by atoms with Gasteiger partial charge in [-0.1, -0.05) is 13.3 Å². The summed E-state index contributed by atoms with van der Waals surface area (Å²) >= 11 is 1.53. The number of rotatable bonds is 7. The van der Waals surface area contributed by atoms with Crippen molar-refractivity contribution < 1.29 is 19.8 Å². The molecule has 0 spiro atoms. The number of carboxylic acids is 1. The van der Waals surface area contributed by atoms with Crippen LogP contribution in [0.3, 0.4) is 0 Å². The monoisotopic (exact) mass is 351 g/mol. The van der Waals surface area contributed by atoms with E-state index in [0.29, 0.717) is 30.7 Å². The first-order valence-corrected chi connectivity index (χ1v) is 9.37. The number of piperidine rings is 1. The third kappa shape index (κ3) is 4.30. The van der Waals surface area contributed by atoms with Crippen molar-refractivity contribution in [2.24, 2.45) is 5.41 Å². The van der Waals surface area contributed by atoms with E-state index in [2.05, 4.69) is 0 Å². The summed E-state index contributed by atoms with van der Waals surface area (Å²) in [6.07, 6.45) is 2.76. The average Bonchev–Trinajstić information content (AvgIpc) is 2.60. The molecule has 6 heteroatoms. The fourth-order valence-electron chi connectivity index (χ4n) is 3.31. The lowest BCUT2D eigenvalue weighted by atomic mass is 9.76.